The van der Waals surface area contributed by atoms with E-state index in [0.29, 0.717) is 0 Å². The predicted octanol–water partition coefficient (Wildman–Crippen LogP) is 3.53. The molecule has 20 heavy (non-hydrogen) atoms. The molecule has 0 aliphatic heterocycles. The van der Waals surface area contributed by atoms with Crippen molar-refractivity contribution in [3.05, 3.63) is 66.5 Å². The largest absolute Gasteiger partial charge is 0.508 e. The summed E-state index contributed by atoms with van der Waals surface area (Å²) in [7, 11) is 0. The number of phenols is 1. The van der Waals surface area contributed by atoms with E-state index in [0.717, 1.165) is 16.3 Å². The fourth-order valence-electron chi connectivity index (χ4n) is 2.03. The van der Waals surface area contributed by atoms with Crippen molar-refractivity contribution >= 4 is 16.9 Å². The summed E-state index contributed by atoms with van der Waals surface area (Å²) in [4.78, 5) is 12.0. The van der Waals surface area contributed by atoms with Gasteiger partial charge < -0.3 is 9.84 Å². The Balaban J connectivity index is 1.75. The third-order valence-corrected chi connectivity index (χ3v) is 3.04. The molecule has 0 fully saturated rings. The van der Waals surface area contributed by atoms with Crippen LogP contribution in [-0.4, -0.2) is 15.8 Å². The van der Waals surface area contributed by atoms with Gasteiger partial charge in [0, 0.05) is 23.2 Å². The molecule has 0 unspecified atom stereocenters. The lowest BCUT2D eigenvalue weighted by atomic mass is 10.2. The first-order valence-corrected chi connectivity index (χ1v) is 6.24. The van der Waals surface area contributed by atoms with Gasteiger partial charge in [0.15, 0.2) is 0 Å². The highest BCUT2D eigenvalue weighted by Crippen LogP contribution is 2.20. The van der Waals surface area contributed by atoms with Crippen molar-refractivity contribution < 1.29 is 14.6 Å². The number of ether oxygens (including phenoxy) is 1. The summed E-state index contributed by atoms with van der Waals surface area (Å²) in [6.07, 6.45) is 2.88. The molecule has 1 heterocycles. The summed E-state index contributed by atoms with van der Waals surface area (Å²) in [5, 5.41) is 11.1. The molecule has 0 aliphatic rings. The summed E-state index contributed by atoms with van der Waals surface area (Å²) in [5.74, 6) is 0.174. The van der Waals surface area contributed by atoms with E-state index in [9.17, 15) is 9.90 Å². The third-order valence-electron chi connectivity index (χ3n) is 3.04. The number of benzene rings is 2. The standard InChI is InChI=1S/C16H13NO3/c18-15-7-6-13-9-17(10-14(13)8-15)16(19)20-11-12-4-2-1-3-5-12/h1-10,18H,11H2. The summed E-state index contributed by atoms with van der Waals surface area (Å²) in [6.45, 7) is 0.236. The molecular weight excluding hydrogens is 254 g/mol. The maximum absolute atomic E-state index is 12.0. The highest BCUT2D eigenvalue weighted by molar-refractivity contribution is 5.87. The molecule has 0 spiro atoms. The van der Waals surface area contributed by atoms with Gasteiger partial charge in [0.1, 0.15) is 12.4 Å². The van der Waals surface area contributed by atoms with Crippen LogP contribution in [0.15, 0.2) is 60.9 Å². The molecule has 4 heteroatoms. The van der Waals surface area contributed by atoms with Gasteiger partial charge in [-0.1, -0.05) is 30.3 Å². The smallest absolute Gasteiger partial charge is 0.418 e. The van der Waals surface area contributed by atoms with E-state index in [1.807, 2.05) is 30.3 Å². The molecule has 1 N–H and O–H groups in total. The van der Waals surface area contributed by atoms with Crippen molar-refractivity contribution in [2.75, 3.05) is 0 Å². The van der Waals surface area contributed by atoms with Gasteiger partial charge in [-0.2, -0.15) is 0 Å². The van der Waals surface area contributed by atoms with Crippen molar-refractivity contribution in [3.8, 4) is 5.75 Å². The summed E-state index contributed by atoms with van der Waals surface area (Å²) in [6, 6.07) is 14.5. The van der Waals surface area contributed by atoms with Gasteiger partial charge in [-0.3, -0.25) is 4.57 Å². The van der Waals surface area contributed by atoms with Crippen molar-refractivity contribution in [1.82, 2.24) is 4.57 Å². The average molecular weight is 267 g/mol. The highest BCUT2D eigenvalue weighted by atomic mass is 16.5. The van der Waals surface area contributed by atoms with Crippen LogP contribution in [0.2, 0.25) is 0 Å². The fourth-order valence-corrected chi connectivity index (χ4v) is 2.03. The topological polar surface area (TPSA) is 51.5 Å². The van der Waals surface area contributed by atoms with Crippen LogP contribution in [0.4, 0.5) is 4.79 Å². The number of fused-ring (bicyclic) bond motifs is 1. The van der Waals surface area contributed by atoms with Crippen LogP contribution in [0.25, 0.3) is 10.8 Å². The number of phenolic OH excluding ortho intramolecular Hbond substituents is 1. The maximum Gasteiger partial charge on any atom is 0.418 e. The van der Waals surface area contributed by atoms with Crippen molar-refractivity contribution in [1.29, 1.82) is 0 Å². The summed E-state index contributed by atoms with van der Waals surface area (Å²) in [5.41, 5.74) is 0.940. The Labute approximate surface area is 115 Å². The number of carbonyl (C=O) groups excluding carboxylic acids is 1. The summed E-state index contributed by atoms with van der Waals surface area (Å²) >= 11 is 0. The van der Waals surface area contributed by atoms with Crippen LogP contribution in [0.5, 0.6) is 5.75 Å². The van der Waals surface area contributed by atoms with E-state index in [1.54, 1.807) is 30.6 Å². The van der Waals surface area contributed by atoms with Crippen LogP contribution in [0.1, 0.15) is 5.56 Å². The molecule has 3 rings (SSSR count). The monoisotopic (exact) mass is 267 g/mol. The zero-order chi connectivity index (χ0) is 13.9. The number of rotatable bonds is 2. The van der Waals surface area contributed by atoms with E-state index in [2.05, 4.69) is 0 Å². The van der Waals surface area contributed by atoms with Crippen LogP contribution < -0.4 is 0 Å². The lowest BCUT2D eigenvalue weighted by Gasteiger charge is -2.04. The maximum atomic E-state index is 12.0. The highest BCUT2D eigenvalue weighted by Gasteiger charge is 2.08. The number of aromatic hydroxyl groups is 1. The van der Waals surface area contributed by atoms with Crippen LogP contribution in [0, 0.1) is 0 Å². The molecule has 3 aromatic rings. The second-order valence-corrected chi connectivity index (χ2v) is 4.52. The normalized spacial score (nSPS) is 10.6. The number of hydrogen-bond donors (Lipinski definition) is 1. The van der Waals surface area contributed by atoms with Gasteiger partial charge in [-0.15, -0.1) is 0 Å². The molecule has 0 bridgehead atoms. The van der Waals surface area contributed by atoms with Gasteiger partial charge in [0.25, 0.3) is 0 Å². The number of aromatic nitrogens is 1. The Bertz CT molecular complexity index is 747. The van der Waals surface area contributed by atoms with Crippen LogP contribution in [0.3, 0.4) is 0 Å². The van der Waals surface area contributed by atoms with Gasteiger partial charge in [-0.05, 0) is 23.8 Å². The molecule has 0 radical (unpaired) electrons. The quantitative estimate of drug-likeness (QED) is 0.772. The molecule has 0 saturated carbocycles. The lowest BCUT2D eigenvalue weighted by molar-refractivity contribution is 0.141. The lowest BCUT2D eigenvalue weighted by Crippen LogP contribution is -2.11. The Morgan fingerprint density at radius 1 is 1.05 bits per heavy atom. The van der Waals surface area contributed by atoms with E-state index >= 15 is 0 Å². The number of carbonyl (C=O) groups is 1. The zero-order valence-electron chi connectivity index (χ0n) is 10.7. The number of nitrogens with zero attached hydrogens (tertiary/aromatic N) is 1. The van der Waals surface area contributed by atoms with Crippen molar-refractivity contribution in [2.24, 2.45) is 0 Å². The molecule has 2 aromatic carbocycles. The van der Waals surface area contributed by atoms with E-state index in [-0.39, 0.29) is 12.4 Å². The number of hydrogen-bond acceptors (Lipinski definition) is 3. The molecule has 0 amide bonds. The van der Waals surface area contributed by atoms with Gasteiger partial charge >= 0.3 is 6.09 Å². The minimum atomic E-state index is -0.440. The average Bonchev–Trinajstić information content (AvgIpc) is 2.89. The second kappa shape index (κ2) is 5.09. The first kappa shape index (κ1) is 12.3. The predicted molar refractivity (Wildman–Crippen MR) is 75.6 cm³/mol. The molecule has 0 aliphatic carbocycles. The first-order valence-electron chi connectivity index (χ1n) is 6.24. The molecule has 0 saturated heterocycles. The van der Waals surface area contributed by atoms with Crippen LogP contribution in [-0.2, 0) is 11.3 Å². The third kappa shape index (κ3) is 2.49. The zero-order valence-corrected chi connectivity index (χ0v) is 10.7. The molecule has 1 aromatic heterocycles. The van der Waals surface area contributed by atoms with E-state index in [1.165, 1.54) is 4.57 Å². The van der Waals surface area contributed by atoms with Crippen molar-refractivity contribution in [3.63, 3.8) is 0 Å². The minimum absolute atomic E-state index is 0.174. The Morgan fingerprint density at radius 3 is 2.60 bits per heavy atom. The fraction of sp³-hybridized carbons (Fsp3) is 0.0625. The second-order valence-electron chi connectivity index (χ2n) is 4.52. The van der Waals surface area contributed by atoms with E-state index < -0.39 is 6.09 Å². The SMILES string of the molecule is O=C(OCc1ccccc1)n1cc2ccc(O)cc2c1. The van der Waals surface area contributed by atoms with Gasteiger partial charge in [-0.25, -0.2) is 4.79 Å². The Morgan fingerprint density at radius 2 is 1.80 bits per heavy atom. The van der Waals surface area contributed by atoms with Crippen LogP contribution >= 0.6 is 0 Å². The Kier molecular flexibility index (Phi) is 3.13. The molecular formula is C16H13NO3. The molecule has 4 nitrogen and oxygen atoms in total. The van der Waals surface area contributed by atoms with E-state index in [4.69, 9.17) is 4.74 Å². The first-order chi connectivity index (χ1) is 9.72. The van der Waals surface area contributed by atoms with Crippen molar-refractivity contribution in [2.45, 2.75) is 6.61 Å². The van der Waals surface area contributed by atoms with Gasteiger partial charge in [0.05, 0.1) is 0 Å². The minimum Gasteiger partial charge on any atom is -0.508 e. The Hall–Kier alpha value is -2.75. The molecule has 100 valence electrons. The van der Waals surface area contributed by atoms with Gasteiger partial charge in [0.2, 0.25) is 0 Å². The summed E-state index contributed by atoms with van der Waals surface area (Å²) < 4.78 is 6.62. The molecule has 0 atom stereocenters.